The number of aryl methyl sites for hydroxylation is 1. The third-order valence-corrected chi connectivity index (χ3v) is 8.44. The fourth-order valence-electron chi connectivity index (χ4n) is 3.92. The van der Waals surface area contributed by atoms with Crippen molar-refractivity contribution in [3.8, 4) is 0 Å². The number of thiophene rings is 2. The Balaban J connectivity index is 1.53. The van der Waals surface area contributed by atoms with Crippen LogP contribution in [0.5, 0.6) is 0 Å². The van der Waals surface area contributed by atoms with Crippen molar-refractivity contribution in [2.45, 2.75) is 50.6 Å². The second-order valence-corrected chi connectivity index (χ2v) is 10.4. The van der Waals surface area contributed by atoms with Crippen molar-refractivity contribution >= 4 is 54.9 Å². The molecule has 0 radical (unpaired) electrons. The van der Waals surface area contributed by atoms with Crippen LogP contribution in [0.3, 0.4) is 0 Å². The molecule has 1 aliphatic carbocycles. The van der Waals surface area contributed by atoms with Gasteiger partial charge in [0.15, 0.2) is 5.16 Å². The summed E-state index contributed by atoms with van der Waals surface area (Å²) in [5, 5.41) is 3.37. The first kappa shape index (κ1) is 19.0. The van der Waals surface area contributed by atoms with Crippen LogP contribution in [0.25, 0.3) is 20.4 Å². The Kier molecular flexibility index (Phi) is 4.84. The topological polar surface area (TPSA) is 80.6 Å². The van der Waals surface area contributed by atoms with Gasteiger partial charge in [-0.2, -0.15) is 0 Å². The van der Waals surface area contributed by atoms with Crippen LogP contribution < -0.4 is 11.1 Å². The third-order valence-electron chi connectivity index (χ3n) is 5.40. The molecule has 1 N–H and O–H groups in total. The highest BCUT2D eigenvalue weighted by molar-refractivity contribution is 7.98. The highest BCUT2D eigenvalue weighted by Gasteiger charge is 2.24. The number of aromatic nitrogens is 4. The van der Waals surface area contributed by atoms with Gasteiger partial charge in [0.05, 0.1) is 16.7 Å². The zero-order valence-electron chi connectivity index (χ0n) is 16.2. The Labute approximate surface area is 179 Å². The number of hydrogen-bond acceptors (Lipinski definition) is 7. The number of hydrogen-bond donors (Lipinski definition) is 1. The molecule has 5 rings (SSSR count). The van der Waals surface area contributed by atoms with Gasteiger partial charge in [-0.3, -0.25) is 14.2 Å². The molecular formula is C20H20N4O2S3. The van der Waals surface area contributed by atoms with Crippen molar-refractivity contribution in [2.75, 3.05) is 0 Å². The first-order chi connectivity index (χ1) is 14.0. The Hall–Kier alpha value is -1.97. The fraction of sp³-hybridized carbons (Fsp3) is 0.400. The summed E-state index contributed by atoms with van der Waals surface area (Å²) in [4.78, 5) is 39.8. The molecular weight excluding hydrogens is 424 g/mol. The summed E-state index contributed by atoms with van der Waals surface area (Å²) in [5.41, 5.74) is 1.87. The molecule has 1 unspecified atom stereocenters. The molecule has 1 atom stereocenters. The van der Waals surface area contributed by atoms with Crippen LogP contribution in [0.2, 0.25) is 0 Å². The van der Waals surface area contributed by atoms with Crippen LogP contribution >= 0.6 is 34.4 Å². The van der Waals surface area contributed by atoms with E-state index in [9.17, 15) is 9.59 Å². The average Bonchev–Trinajstić information content (AvgIpc) is 3.30. The number of H-pyrrole nitrogens is 1. The van der Waals surface area contributed by atoms with Crippen molar-refractivity contribution in [3.05, 3.63) is 48.4 Å². The highest BCUT2D eigenvalue weighted by atomic mass is 32.2. The van der Waals surface area contributed by atoms with E-state index in [0.717, 1.165) is 29.5 Å². The van der Waals surface area contributed by atoms with Crippen LogP contribution in [0.15, 0.2) is 26.2 Å². The lowest BCUT2D eigenvalue weighted by Gasteiger charge is -2.17. The second kappa shape index (κ2) is 7.37. The Morgan fingerprint density at radius 2 is 2.21 bits per heavy atom. The smallest absolute Gasteiger partial charge is 0.268 e. The van der Waals surface area contributed by atoms with E-state index in [0.29, 0.717) is 39.4 Å². The van der Waals surface area contributed by atoms with E-state index in [1.165, 1.54) is 33.5 Å². The second-order valence-electron chi connectivity index (χ2n) is 7.41. The Bertz CT molecular complexity index is 1350. The Morgan fingerprint density at radius 3 is 3.03 bits per heavy atom. The number of aromatic amines is 1. The Morgan fingerprint density at radius 1 is 1.34 bits per heavy atom. The van der Waals surface area contributed by atoms with E-state index in [-0.39, 0.29) is 11.1 Å². The quantitative estimate of drug-likeness (QED) is 0.377. The van der Waals surface area contributed by atoms with Gasteiger partial charge in [0, 0.05) is 11.4 Å². The van der Waals surface area contributed by atoms with Crippen LogP contribution in [0, 0.1) is 5.92 Å². The molecule has 4 heterocycles. The van der Waals surface area contributed by atoms with E-state index in [2.05, 4.69) is 16.9 Å². The summed E-state index contributed by atoms with van der Waals surface area (Å²) in [7, 11) is 0. The minimum absolute atomic E-state index is 0.0572. The SMILES string of the molecule is CCn1c(SCc2nc3ccsc3c(=O)[nH]2)nc2sc3c(c2c1=O)CCC(C)C3. The molecule has 0 bridgehead atoms. The molecule has 0 aliphatic heterocycles. The van der Waals surface area contributed by atoms with E-state index in [1.807, 2.05) is 18.4 Å². The highest BCUT2D eigenvalue weighted by Crippen LogP contribution is 2.36. The van der Waals surface area contributed by atoms with Crippen molar-refractivity contribution in [1.82, 2.24) is 19.5 Å². The predicted octanol–water partition coefficient (Wildman–Crippen LogP) is 4.19. The number of nitrogens with one attached hydrogen (secondary N) is 1. The van der Waals surface area contributed by atoms with Gasteiger partial charge in [-0.05, 0) is 49.1 Å². The van der Waals surface area contributed by atoms with Crippen molar-refractivity contribution in [2.24, 2.45) is 5.92 Å². The van der Waals surface area contributed by atoms with Crippen LogP contribution in [0.1, 0.15) is 36.5 Å². The summed E-state index contributed by atoms with van der Waals surface area (Å²) < 4.78 is 2.39. The lowest BCUT2D eigenvalue weighted by molar-refractivity contribution is 0.509. The number of rotatable bonds is 4. The number of fused-ring (bicyclic) bond motifs is 4. The molecule has 0 saturated carbocycles. The molecule has 6 nitrogen and oxygen atoms in total. The van der Waals surface area contributed by atoms with Gasteiger partial charge in [-0.25, -0.2) is 9.97 Å². The van der Waals surface area contributed by atoms with E-state index in [4.69, 9.17) is 4.98 Å². The largest absolute Gasteiger partial charge is 0.309 e. The van der Waals surface area contributed by atoms with E-state index < -0.39 is 0 Å². The molecule has 0 saturated heterocycles. The average molecular weight is 445 g/mol. The van der Waals surface area contributed by atoms with Crippen LogP contribution in [-0.4, -0.2) is 19.5 Å². The number of thioether (sulfide) groups is 1. The zero-order chi connectivity index (χ0) is 20.1. The van der Waals surface area contributed by atoms with Crippen molar-refractivity contribution < 1.29 is 0 Å². The maximum atomic E-state index is 13.2. The molecule has 4 aromatic heterocycles. The third kappa shape index (κ3) is 3.25. The molecule has 9 heteroatoms. The van der Waals surface area contributed by atoms with Gasteiger partial charge in [0.2, 0.25) is 0 Å². The summed E-state index contributed by atoms with van der Waals surface area (Å²) >= 11 is 4.51. The summed E-state index contributed by atoms with van der Waals surface area (Å²) in [5.74, 6) is 1.72. The lowest BCUT2D eigenvalue weighted by atomic mass is 9.89. The standard InChI is InChI=1S/C20H20N4O2S3/c1-3-24-19(26)15-11-5-4-10(2)8-13(11)29-18(15)23-20(24)28-9-14-21-12-6-7-27-16(12)17(25)22-14/h6-7,10H,3-5,8-9H2,1-2H3,(H,21,22,25). The monoisotopic (exact) mass is 444 g/mol. The minimum atomic E-state index is -0.114. The van der Waals surface area contributed by atoms with Crippen LogP contribution in [0.4, 0.5) is 0 Å². The summed E-state index contributed by atoms with van der Waals surface area (Å²) in [6.07, 6.45) is 3.14. The lowest BCUT2D eigenvalue weighted by Crippen LogP contribution is -2.23. The zero-order valence-corrected chi connectivity index (χ0v) is 18.6. The summed E-state index contributed by atoms with van der Waals surface area (Å²) in [6, 6.07) is 1.85. The van der Waals surface area contributed by atoms with Gasteiger partial charge < -0.3 is 4.98 Å². The van der Waals surface area contributed by atoms with Crippen molar-refractivity contribution in [1.29, 1.82) is 0 Å². The summed E-state index contributed by atoms with van der Waals surface area (Å²) in [6.45, 7) is 4.81. The van der Waals surface area contributed by atoms with Gasteiger partial charge >= 0.3 is 0 Å². The van der Waals surface area contributed by atoms with Gasteiger partial charge in [-0.15, -0.1) is 22.7 Å². The van der Waals surface area contributed by atoms with Gasteiger partial charge in [0.1, 0.15) is 15.4 Å². The molecule has 0 aromatic carbocycles. The van der Waals surface area contributed by atoms with Crippen molar-refractivity contribution in [3.63, 3.8) is 0 Å². The molecule has 29 heavy (non-hydrogen) atoms. The van der Waals surface area contributed by atoms with E-state index >= 15 is 0 Å². The first-order valence-corrected chi connectivity index (χ1v) is 12.4. The van der Waals surface area contributed by atoms with Gasteiger partial charge in [-0.1, -0.05) is 18.7 Å². The molecule has 1 aliphatic rings. The maximum Gasteiger partial charge on any atom is 0.268 e. The minimum Gasteiger partial charge on any atom is -0.309 e. The molecule has 150 valence electrons. The molecule has 0 amide bonds. The number of nitrogens with zero attached hydrogens (tertiary/aromatic N) is 3. The molecule has 0 spiro atoms. The molecule has 4 aromatic rings. The van der Waals surface area contributed by atoms with Crippen LogP contribution in [-0.2, 0) is 25.1 Å². The van der Waals surface area contributed by atoms with E-state index in [1.54, 1.807) is 15.9 Å². The van der Waals surface area contributed by atoms with Gasteiger partial charge in [0.25, 0.3) is 11.1 Å². The normalized spacial score (nSPS) is 16.6. The maximum absolute atomic E-state index is 13.2. The predicted molar refractivity (Wildman–Crippen MR) is 121 cm³/mol. The molecule has 0 fully saturated rings. The fourth-order valence-corrected chi connectivity index (χ4v) is 7.00. The first-order valence-electron chi connectivity index (χ1n) is 9.69.